The fraction of sp³-hybridized carbons (Fsp3) is 0.100. The van der Waals surface area contributed by atoms with E-state index in [-0.39, 0.29) is 5.75 Å². The van der Waals surface area contributed by atoms with Crippen LogP contribution in [0.15, 0.2) is 22.7 Å². The molecule has 0 atom stereocenters. The van der Waals surface area contributed by atoms with Gasteiger partial charge in [-0.2, -0.15) is 0 Å². The number of methoxy groups -OCH3 is 1. The monoisotopic (exact) mass is 271 g/mol. The number of phenols is 1. The van der Waals surface area contributed by atoms with Gasteiger partial charge in [-0.3, -0.25) is 4.79 Å². The second-order valence-electron chi connectivity index (χ2n) is 2.75. The molecule has 0 aliphatic rings. The van der Waals surface area contributed by atoms with E-state index in [9.17, 15) is 9.90 Å². The van der Waals surface area contributed by atoms with Gasteiger partial charge in [0.2, 0.25) is 5.91 Å². The number of nitrogens with two attached hydrogens (primary N) is 1. The summed E-state index contributed by atoms with van der Waals surface area (Å²) >= 11 is 3.24. The smallest absolute Gasteiger partial charge is 0.241 e. The quantitative estimate of drug-likeness (QED) is 0.822. The van der Waals surface area contributed by atoms with Crippen LogP contribution in [0.1, 0.15) is 5.56 Å². The molecule has 80 valence electrons. The Labute approximate surface area is 95.5 Å². The average Bonchev–Trinajstić information content (AvgIpc) is 2.17. The van der Waals surface area contributed by atoms with Crippen LogP contribution in [-0.2, 0) is 4.79 Å². The van der Waals surface area contributed by atoms with Crippen molar-refractivity contribution in [2.45, 2.75) is 0 Å². The lowest BCUT2D eigenvalue weighted by Gasteiger charge is -2.07. The third-order valence-corrected chi connectivity index (χ3v) is 2.45. The molecule has 0 unspecified atom stereocenters. The van der Waals surface area contributed by atoms with Crippen molar-refractivity contribution in [1.29, 1.82) is 0 Å². The molecule has 1 aromatic carbocycles. The molecule has 1 amide bonds. The van der Waals surface area contributed by atoms with Gasteiger partial charge in [0.25, 0.3) is 0 Å². The van der Waals surface area contributed by atoms with E-state index in [1.807, 2.05) is 0 Å². The van der Waals surface area contributed by atoms with Crippen molar-refractivity contribution in [3.05, 3.63) is 28.2 Å². The maximum atomic E-state index is 10.6. The molecule has 0 heterocycles. The third kappa shape index (κ3) is 2.73. The lowest BCUT2D eigenvalue weighted by molar-refractivity contribution is -0.113. The second-order valence-corrected chi connectivity index (χ2v) is 3.60. The Bertz CT molecular complexity index is 415. The van der Waals surface area contributed by atoms with Crippen molar-refractivity contribution in [3.63, 3.8) is 0 Å². The third-order valence-electron chi connectivity index (χ3n) is 1.76. The fourth-order valence-electron chi connectivity index (χ4n) is 1.05. The fourth-order valence-corrected chi connectivity index (χ4v) is 1.50. The minimum absolute atomic E-state index is 0.0376. The highest BCUT2D eigenvalue weighted by Crippen LogP contribution is 2.35. The Morgan fingerprint density at radius 1 is 1.60 bits per heavy atom. The average molecular weight is 272 g/mol. The summed E-state index contributed by atoms with van der Waals surface area (Å²) in [5, 5.41) is 9.72. The minimum atomic E-state index is -0.580. The maximum absolute atomic E-state index is 10.6. The second kappa shape index (κ2) is 4.84. The van der Waals surface area contributed by atoms with Gasteiger partial charge in [0, 0.05) is 16.1 Å². The highest BCUT2D eigenvalue weighted by Gasteiger charge is 2.09. The van der Waals surface area contributed by atoms with Gasteiger partial charge < -0.3 is 15.6 Å². The number of carbonyl (C=O) groups excluding carboxylic acids is 1. The topological polar surface area (TPSA) is 72.5 Å². The van der Waals surface area contributed by atoms with E-state index in [4.69, 9.17) is 10.5 Å². The first kappa shape index (κ1) is 11.6. The summed E-state index contributed by atoms with van der Waals surface area (Å²) in [7, 11) is 1.45. The zero-order chi connectivity index (χ0) is 11.4. The molecule has 0 aromatic heterocycles. The Morgan fingerprint density at radius 2 is 2.27 bits per heavy atom. The number of aromatic hydroxyl groups is 1. The van der Waals surface area contributed by atoms with Crippen LogP contribution >= 0.6 is 15.9 Å². The molecule has 0 spiro atoms. The number of phenolic OH excluding ortho intramolecular Hbond substituents is 1. The molecule has 1 rings (SSSR count). The molecule has 0 radical (unpaired) electrons. The van der Waals surface area contributed by atoms with Gasteiger partial charge >= 0.3 is 0 Å². The molecule has 0 saturated heterocycles. The van der Waals surface area contributed by atoms with E-state index in [0.717, 1.165) is 0 Å². The van der Waals surface area contributed by atoms with Gasteiger partial charge in [-0.15, -0.1) is 0 Å². The van der Waals surface area contributed by atoms with E-state index >= 15 is 0 Å². The first-order valence-electron chi connectivity index (χ1n) is 4.09. The molecule has 3 N–H and O–H groups in total. The summed E-state index contributed by atoms with van der Waals surface area (Å²) in [5.41, 5.74) is 5.41. The predicted molar refractivity (Wildman–Crippen MR) is 60.6 cm³/mol. The summed E-state index contributed by atoms with van der Waals surface area (Å²) in [4.78, 5) is 10.6. The van der Waals surface area contributed by atoms with Crippen LogP contribution < -0.4 is 10.5 Å². The largest absolute Gasteiger partial charge is 0.504 e. The molecule has 0 aliphatic carbocycles. The van der Waals surface area contributed by atoms with Crippen LogP contribution in [0.5, 0.6) is 11.5 Å². The first-order chi connectivity index (χ1) is 7.06. The van der Waals surface area contributed by atoms with Gasteiger partial charge in [0.1, 0.15) is 0 Å². The first-order valence-corrected chi connectivity index (χ1v) is 4.88. The Morgan fingerprint density at radius 3 is 2.80 bits per heavy atom. The van der Waals surface area contributed by atoms with Crippen molar-refractivity contribution >= 4 is 27.9 Å². The van der Waals surface area contributed by atoms with Gasteiger partial charge in [-0.25, -0.2) is 0 Å². The van der Waals surface area contributed by atoms with E-state index < -0.39 is 5.91 Å². The summed E-state index contributed by atoms with van der Waals surface area (Å²) in [5.74, 6) is -0.282. The van der Waals surface area contributed by atoms with Crippen molar-refractivity contribution in [2.24, 2.45) is 5.73 Å². The number of rotatable bonds is 3. The Hall–Kier alpha value is -1.49. The van der Waals surface area contributed by atoms with Gasteiger partial charge in [0.05, 0.1) is 7.11 Å². The molecule has 4 nitrogen and oxygen atoms in total. The summed E-state index contributed by atoms with van der Waals surface area (Å²) in [6, 6.07) is 3.32. The normalized spacial score (nSPS) is 10.5. The zero-order valence-corrected chi connectivity index (χ0v) is 9.61. The van der Waals surface area contributed by atoms with Crippen LogP contribution in [-0.4, -0.2) is 18.1 Å². The van der Waals surface area contributed by atoms with E-state index in [1.54, 1.807) is 12.1 Å². The molecule has 15 heavy (non-hydrogen) atoms. The van der Waals surface area contributed by atoms with Crippen molar-refractivity contribution in [2.75, 3.05) is 7.11 Å². The van der Waals surface area contributed by atoms with Crippen molar-refractivity contribution in [3.8, 4) is 11.5 Å². The van der Waals surface area contributed by atoms with Crippen LogP contribution in [0.4, 0.5) is 0 Å². The van der Waals surface area contributed by atoms with Crippen LogP contribution in [0.2, 0.25) is 0 Å². The molecular formula is C10H10BrNO3. The highest BCUT2D eigenvalue weighted by atomic mass is 79.9. The standard InChI is InChI=1S/C10H10BrNO3/c1-15-8-4-3-7(11)6(10(8)14)2-5-9(12)13/h2-5,14H,1H3,(H2,12,13). The van der Waals surface area contributed by atoms with Gasteiger partial charge in [-0.1, -0.05) is 15.9 Å². The van der Waals surface area contributed by atoms with Crippen LogP contribution in [0.25, 0.3) is 6.08 Å². The van der Waals surface area contributed by atoms with E-state index in [1.165, 1.54) is 19.3 Å². The molecule has 5 heteroatoms. The SMILES string of the molecule is COc1ccc(Br)c(C=CC(N)=O)c1O. The minimum Gasteiger partial charge on any atom is -0.504 e. The number of carbonyl (C=O) groups is 1. The van der Waals surface area contributed by atoms with Crippen LogP contribution in [0, 0.1) is 0 Å². The number of hydrogen-bond acceptors (Lipinski definition) is 3. The summed E-state index contributed by atoms with van der Waals surface area (Å²) in [6.07, 6.45) is 2.59. The molecule has 0 aliphatic heterocycles. The number of ether oxygens (including phenoxy) is 1. The lowest BCUT2D eigenvalue weighted by atomic mass is 10.1. The van der Waals surface area contributed by atoms with Gasteiger partial charge in [0.15, 0.2) is 11.5 Å². The number of amides is 1. The molecule has 0 saturated carbocycles. The Balaban J connectivity index is 3.21. The number of primary amides is 1. The molecular weight excluding hydrogens is 262 g/mol. The van der Waals surface area contributed by atoms with Gasteiger partial charge in [-0.05, 0) is 18.2 Å². The number of benzene rings is 1. The van der Waals surface area contributed by atoms with E-state index in [0.29, 0.717) is 15.8 Å². The predicted octanol–water partition coefficient (Wildman–Crippen LogP) is 1.66. The summed E-state index contributed by atoms with van der Waals surface area (Å²) in [6.45, 7) is 0. The highest BCUT2D eigenvalue weighted by molar-refractivity contribution is 9.10. The zero-order valence-electron chi connectivity index (χ0n) is 8.03. The maximum Gasteiger partial charge on any atom is 0.241 e. The summed E-state index contributed by atoms with van der Waals surface area (Å²) < 4.78 is 5.58. The lowest BCUT2D eigenvalue weighted by Crippen LogP contribution is -2.05. The van der Waals surface area contributed by atoms with Crippen molar-refractivity contribution in [1.82, 2.24) is 0 Å². The van der Waals surface area contributed by atoms with Crippen molar-refractivity contribution < 1.29 is 14.6 Å². The molecule has 1 aromatic rings. The Kier molecular flexibility index (Phi) is 3.74. The molecule has 0 bridgehead atoms. The van der Waals surface area contributed by atoms with E-state index in [2.05, 4.69) is 15.9 Å². The molecule has 0 fully saturated rings. The number of hydrogen-bond donors (Lipinski definition) is 2. The van der Waals surface area contributed by atoms with Crippen LogP contribution in [0.3, 0.4) is 0 Å². The number of halogens is 1.